The highest BCUT2D eigenvalue weighted by atomic mass is 19.1. The molecule has 1 heterocycles. The van der Waals surface area contributed by atoms with Gasteiger partial charge in [-0.1, -0.05) is 13.8 Å². The zero-order valence-corrected chi connectivity index (χ0v) is 9.83. The predicted octanol–water partition coefficient (Wildman–Crippen LogP) is 2.43. The third kappa shape index (κ3) is 3.17. The predicted molar refractivity (Wildman–Crippen MR) is 62.8 cm³/mol. The maximum Gasteiger partial charge on any atom is 0.212 e. The SMILES string of the molecule is CCC(CC)(CO)CNc1ccc(F)nc1. The van der Waals surface area contributed by atoms with Crippen LogP contribution in [0.2, 0.25) is 0 Å². The number of nitrogens with zero attached hydrogens (tertiary/aromatic N) is 1. The van der Waals surface area contributed by atoms with Gasteiger partial charge in [-0.15, -0.1) is 0 Å². The Balaban J connectivity index is 2.58. The van der Waals surface area contributed by atoms with Crippen LogP contribution in [0, 0.1) is 11.4 Å². The Hall–Kier alpha value is -1.16. The van der Waals surface area contributed by atoms with E-state index >= 15 is 0 Å². The number of anilines is 1. The first kappa shape index (κ1) is 12.9. The minimum Gasteiger partial charge on any atom is -0.396 e. The lowest BCUT2D eigenvalue weighted by Gasteiger charge is -2.29. The molecule has 0 bridgehead atoms. The van der Waals surface area contributed by atoms with E-state index < -0.39 is 5.95 Å². The molecular formula is C12H19FN2O. The van der Waals surface area contributed by atoms with Crippen molar-refractivity contribution in [3.8, 4) is 0 Å². The topological polar surface area (TPSA) is 45.1 Å². The van der Waals surface area contributed by atoms with Gasteiger partial charge in [0.15, 0.2) is 0 Å². The van der Waals surface area contributed by atoms with Crippen LogP contribution in [0.15, 0.2) is 18.3 Å². The fourth-order valence-electron chi connectivity index (χ4n) is 1.55. The van der Waals surface area contributed by atoms with Gasteiger partial charge in [-0.3, -0.25) is 0 Å². The highest BCUT2D eigenvalue weighted by molar-refractivity contribution is 5.40. The van der Waals surface area contributed by atoms with Crippen molar-refractivity contribution in [1.29, 1.82) is 0 Å². The number of halogens is 1. The molecule has 1 rings (SSSR count). The average molecular weight is 226 g/mol. The summed E-state index contributed by atoms with van der Waals surface area (Å²) in [5.41, 5.74) is 0.676. The number of aliphatic hydroxyl groups excluding tert-OH is 1. The third-order valence-corrected chi connectivity index (χ3v) is 3.23. The molecule has 0 fully saturated rings. The Labute approximate surface area is 95.7 Å². The van der Waals surface area contributed by atoms with Crippen molar-refractivity contribution in [3.05, 3.63) is 24.3 Å². The summed E-state index contributed by atoms with van der Waals surface area (Å²) in [5, 5.41) is 12.6. The molecule has 0 amide bonds. The van der Waals surface area contributed by atoms with Gasteiger partial charge >= 0.3 is 0 Å². The molecule has 1 aromatic rings. The van der Waals surface area contributed by atoms with E-state index in [4.69, 9.17) is 0 Å². The van der Waals surface area contributed by atoms with Crippen LogP contribution < -0.4 is 5.32 Å². The van der Waals surface area contributed by atoms with E-state index in [0.717, 1.165) is 18.5 Å². The molecule has 0 saturated carbocycles. The van der Waals surface area contributed by atoms with Crippen molar-refractivity contribution >= 4 is 5.69 Å². The first-order valence-electron chi connectivity index (χ1n) is 5.62. The van der Waals surface area contributed by atoms with E-state index in [9.17, 15) is 9.50 Å². The van der Waals surface area contributed by atoms with Crippen LogP contribution in [0.1, 0.15) is 26.7 Å². The Morgan fingerprint density at radius 2 is 2.06 bits per heavy atom. The summed E-state index contributed by atoms with van der Waals surface area (Å²) in [6.07, 6.45) is 3.27. The van der Waals surface area contributed by atoms with Crippen LogP contribution >= 0.6 is 0 Å². The van der Waals surface area contributed by atoms with Gasteiger partial charge in [0.05, 0.1) is 18.5 Å². The van der Waals surface area contributed by atoms with Gasteiger partial charge < -0.3 is 10.4 Å². The third-order valence-electron chi connectivity index (χ3n) is 3.23. The number of rotatable bonds is 6. The monoisotopic (exact) mass is 226 g/mol. The number of aromatic nitrogens is 1. The second kappa shape index (κ2) is 5.80. The molecule has 0 radical (unpaired) electrons. The summed E-state index contributed by atoms with van der Waals surface area (Å²) in [5.74, 6) is -0.482. The molecule has 90 valence electrons. The van der Waals surface area contributed by atoms with Crippen molar-refractivity contribution in [1.82, 2.24) is 4.98 Å². The summed E-state index contributed by atoms with van der Waals surface area (Å²) < 4.78 is 12.6. The van der Waals surface area contributed by atoms with Crippen LogP contribution in [0.4, 0.5) is 10.1 Å². The fourth-order valence-corrected chi connectivity index (χ4v) is 1.55. The van der Waals surface area contributed by atoms with Crippen molar-refractivity contribution in [2.45, 2.75) is 26.7 Å². The first-order chi connectivity index (χ1) is 7.65. The lowest BCUT2D eigenvalue weighted by molar-refractivity contribution is 0.127. The highest BCUT2D eigenvalue weighted by Gasteiger charge is 2.24. The van der Waals surface area contributed by atoms with Gasteiger partial charge in [0.1, 0.15) is 0 Å². The summed E-state index contributed by atoms with van der Waals surface area (Å²) in [6, 6.07) is 2.97. The Morgan fingerprint density at radius 3 is 2.50 bits per heavy atom. The molecule has 3 nitrogen and oxygen atoms in total. The zero-order valence-electron chi connectivity index (χ0n) is 9.83. The van der Waals surface area contributed by atoms with Gasteiger partial charge in [0.2, 0.25) is 5.95 Å². The maximum atomic E-state index is 12.6. The van der Waals surface area contributed by atoms with E-state index in [1.807, 2.05) is 0 Å². The van der Waals surface area contributed by atoms with E-state index in [1.165, 1.54) is 12.3 Å². The van der Waals surface area contributed by atoms with Gasteiger partial charge in [-0.05, 0) is 25.0 Å². The van der Waals surface area contributed by atoms with Crippen LogP contribution in [-0.4, -0.2) is 23.2 Å². The molecule has 0 aliphatic rings. The van der Waals surface area contributed by atoms with Crippen LogP contribution in [0.5, 0.6) is 0 Å². The van der Waals surface area contributed by atoms with Crippen LogP contribution in [0.3, 0.4) is 0 Å². The van der Waals surface area contributed by atoms with Gasteiger partial charge in [-0.25, -0.2) is 4.98 Å². The van der Waals surface area contributed by atoms with Gasteiger partial charge in [-0.2, -0.15) is 4.39 Å². The maximum absolute atomic E-state index is 12.6. The van der Waals surface area contributed by atoms with Gasteiger partial charge in [0.25, 0.3) is 0 Å². The molecule has 0 spiro atoms. The lowest BCUT2D eigenvalue weighted by atomic mass is 9.83. The Morgan fingerprint density at radius 1 is 1.38 bits per heavy atom. The van der Waals surface area contributed by atoms with E-state index in [0.29, 0.717) is 6.54 Å². The normalized spacial score (nSPS) is 11.5. The minimum absolute atomic E-state index is 0.103. The molecule has 0 aliphatic carbocycles. The second-order valence-electron chi connectivity index (χ2n) is 4.09. The standard InChI is InChI=1S/C12H19FN2O/c1-3-12(4-2,9-16)8-15-10-5-6-11(13)14-7-10/h5-7,15-16H,3-4,8-9H2,1-2H3. The Bertz CT molecular complexity index is 301. The lowest BCUT2D eigenvalue weighted by Crippen LogP contribution is -2.32. The molecule has 4 heteroatoms. The molecule has 16 heavy (non-hydrogen) atoms. The number of pyridine rings is 1. The van der Waals surface area contributed by atoms with E-state index in [2.05, 4.69) is 24.1 Å². The number of hydrogen-bond acceptors (Lipinski definition) is 3. The highest BCUT2D eigenvalue weighted by Crippen LogP contribution is 2.25. The summed E-state index contributed by atoms with van der Waals surface area (Å²) >= 11 is 0. The summed E-state index contributed by atoms with van der Waals surface area (Å²) in [6.45, 7) is 4.94. The molecule has 0 unspecified atom stereocenters. The summed E-state index contributed by atoms with van der Waals surface area (Å²) in [7, 11) is 0. The quantitative estimate of drug-likeness (QED) is 0.732. The van der Waals surface area contributed by atoms with Crippen molar-refractivity contribution < 1.29 is 9.50 Å². The molecular weight excluding hydrogens is 207 g/mol. The molecule has 0 atom stereocenters. The second-order valence-corrected chi connectivity index (χ2v) is 4.09. The van der Waals surface area contributed by atoms with Crippen molar-refractivity contribution in [2.75, 3.05) is 18.5 Å². The van der Waals surface area contributed by atoms with Crippen molar-refractivity contribution in [3.63, 3.8) is 0 Å². The van der Waals surface area contributed by atoms with E-state index in [1.54, 1.807) is 6.07 Å². The van der Waals surface area contributed by atoms with Crippen LogP contribution in [-0.2, 0) is 0 Å². The zero-order chi connectivity index (χ0) is 12.0. The largest absolute Gasteiger partial charge is 0.396 e. The molecule has 0 aliphatic heterocycles. The average Bonchev–Trinajstić information content (AvgIpc) is 2.34. The summed E-state index contributed by atoms with van der Waals surface area (Å²) in [4.78, 5) is 3.57. The molecule has 0 aromatic carbocycles. The van der Waals surface area contributed by atoms with Crippen molar-refractivity contribution in [2.24, 2.45) is 5.41 Å². The number of nitrogens with one attached hydrogen (secondary N) is 1. The van der Waals surface area contributed by atoms with Crippen LogP contribution in [0.25, 0.3) is 0 Å². The Kier molecular flexibility index (Phi) is 4.68. The number of hydrogen-bond donors (Lipinski definition) is 2. The molecule has 0 saturated heterocycles. The van der Waals surface area contributed by atoms with E-state index in [-0.39, 0.29) is 12.0 Å². The smallest absolute Gasteiger partial charge is 0.212 e. The minimum atomic E-state index is -0.482. The van der Waals surface area contributed by atoms with Gasteiger partial charge in [0, 0.05) is 12.0 Å². The first-order valence-corrected chi connectivity index (χ1v) is 5.62. The fraction of sp³-hybridized carbons (Fsp3) is 0.583. The number of aliphatic hydroxyl groups is 1. The molecule has 2 N–H and O–H groups in total. The molecule has 1 aromatic heterocycles.